The van der Waals surface area contributed by atoms with Gasteiger partial charge in [-0.25, -0.2) is 0 Å². The van der Waals surface area contributed by atoms with Crippen molar-refractivity contribution in [1.29, 1.82) is 0 Å². The summed E-state index contributed by atoms with van der Waals surface area (Å²) in [4.78, 5) is 2.45. The molecule has 0 atom stereocenters. The maximum Gasteiger partial charge on any atom is 0.122 e. The summed E-state index contributed by atoms with van der Waals surface area (Å²) in [5, 5.41) is 0. The van der Waals surface area contributed by atoms with Crippen LogP contribution in [0.5, 0.6) is 11.5 Å². The minimum Gasteiger partial charge on any atom is -0.494 e. The topological polar surface area (TPSA) is 21.7 Å². The number of hydrogen-bond acceptors (Lipinski definition) is 3. The highest BCUT2D eigenvalue weighted by Crippen LogP contribution is 2.28. The Labute approximate surface area is 122 Å². The minimum absolute atomic E-state index is 0.806. The summed E-state index contributed by atoms with van der Waals surface area (Å²) in [5.41, 5.74) is 1.29. The highest BCUT2D eigenvalue weighted by atomic mass is 16.5. The zero-order valence-electron chi connectivity index (χ0n) is 12.9. The Kier molecular flexibility index (Phi) is 6.19. The van der Waals surface area contributed by atoms with E-state index >= 15 is 0 Å². The molecule has 1 aliphatic heterocycles. The number of nitrogens with zero attached hydrogens (tertiary/aromatic N) is 1. The summed E-state index contributed by atoms with van der Waals surface area (Å²) in [5.74, 6) is 2.02. The summed E-state index contributed by atoms with van der Waals surface area (Å²) in [7, 11) is 0. The molecule has 1 aromatic rings. The van der Waals surface area contributed by atoms with Crippen LogP contribution in [0, 0.1) is 0 Å². The van der Waals surface area contributed by atoms with Gasteiger partial charge in [0.2, 0.25) is 0 Å². The Hall–Kier alpha value is -1.22. The van der Waals surface area contributed by atoms with E-state index in [1.807, 2.05) is 12.1 Å². The van der Waals surface area contributed by atoms with E-state index in [1.165, 1.54) is 18.5 Å². The molecule has 0 saturated carbocycles. The number of benzene rings is 1. The van der Waals surface area contributed by atoms with Gasteiger partial charge in [0.25, 0.3) is 0 Å². The van der Waals surface area contributed by atoms with Crippen molar-refractivity contribution in [3.05, 3.63) is 23.8 Å². The van der Waals surface area contributed by atoms with Crippen molar-refractivity contribution in [2.24, 2.45) is 0 Å². The molecule has 1 aromatic carbocycles. The summed E-state index contributed by atoms with van der Waals surface area (Å²) < 4.78 is 11.5. The van der Waals surface area contributed by atoms with Gasteiger partial charge in [-0.15, -0.1) is 0 Å². The monoisotopic (exact) mass is 277 g/mol. The molecule has 0 spiro atoms. The van der Waals surface area contributed by atoms with Gasteiger partial charge in [-0.05, 0) is 69.1 Å². The molecular weight excluding hydrogens is 250 g/mol. The van der Waals surface area contributed by atoms with E-state index in [1.54, 1.807) is 0 Å². The third-order valence-electron chi connectivity index (χ3n) is 3.91. The first-order chi connectivity index (χ1) is 9.83. The zero-order chi connectivity index (χ0) is 14.2. The Bertz CT molecular complexity index is 402. The van der Waals surface area contributed by atoms with Gasteiger partial charge in [-0.3, -0.25) is 0 Å². The summed E-state index contributed by atoms with van der Waals surface area (Å²) in [6, 6.07) is 6.20. The second kappa shape index (κ2) is 8.15. The molecule has 20 heavy (non-hydrogen) atoms. The highest BCUT2D eigenvalue weighted by molar-refractivity contribution is 5.41. The quantitative estimate of drug-likeness (QED) is 0.679. The third kappa shape index (κ3) is 4.41. The standard InChI is InChI=1S/C17H27NO2/c1-3-18(4-2)11-5-6-12-19-16-9-10-17-15(14-16)8-7-13-20-17/h9-10,14H,3-8,11-13H2,1-2H3. The van der Waals surface area contributed by atoms with Gasteiger partial charge in [0, 0.05) is 0 Å². The van der Waals surface area contributed by atoms with E-state index < -0.39 is 0 Å². The molecule has 0 radical (unpaired) electrons. The van der Waals surface area contributed by atoms with E-state index in [-0.39, 0.29) is 0 Å². The Morgan fingerprint density at radius 2 is 2.05 bits per heavy atom. The second-order valence-electron chi connectivity index (χ2n) is 5.30. The first-order valence-electron chi connectivity index (χ1n) is 7.94. The van der Waals surface area contributed by atoms with Crippen molar-refractivity contribution >= 4 is 0 Å². The van der Waals surface area contributed by atoms with Crippen LogP contribution in [0.25, 0.3) is 0 Å². The largest absolute Gasteiger partial charge is 0.494 e. The van der Waals surface area contributed by atoms with E-state index in [0.717, 1.165) is 57.1 Å². The molecule has 1 heterocycles. The summed E-state index contributed by atoms with van der Waals surface area (Å²) >= 11 is 0. The van der Waals surface area contributed by atoms with E-state index in [2.05, 4.69) is 24.8 Å². The van der Waals surface area contributed by atoms with Crippen LogP contribution in [-0.2, 0) is 6.42 Å². The molecule has 0 saturated heterocycles. The van der Waals surface area contributed by atoms with Crippen LogP contribution in [0.4, 0.5) is 0 Å². The molecule has 1 aliphatic rings. The van der Waals surface area contributed by atoms with Gasteiger partial charge in [0.05, 0.1) is 13.2 Å². The summed E-state index contributed by atoms with van der Waals surface area (Å²) in [6.07, 6.45) is 4.54. The number of unbranched alkanes of at least 4 members (excludes halogenated alkanes) is 1. The molecule has 0 amide bonds. The second-order valence-corrected chi connectivity index (χ2v) is 5.30. The molecule has 112 valence electrons. The number of fused-ring (bicyclic) bond motifs is 1. The van der Waals surface area contributed by atoms with Crippen molar-refractivity contribution in [2.75, 3.05) is 32.8 Å². The SMILES string of the molecule is CCN(CC)CCCCOc1ccc2c(c1)CCCO2. The first kappa shape index (κ1) is 15.2. The molecule has 2 rings (SSSR count). The first-order valence-corrected chi connectivity index (χ1v) is 7.94. The van der Waals surface area contributed by atoms with Crippen molar-refractivity contribution in [2.45, 2.75) is 39.5 Å². The number of rotatable bonds is 8. The van der Waals surface area contributed by atoms with Gasteiger partial charge in [-0.2, -0.15) is 0 Å². The molecule has 0 unspecified atom stereocenters. The van der Waals surface area contributed by atoms with Gasteiger partial charge < -0.3 is 14.4 Å². The maximum absolute atomic E-state index is 5.85. The molecule has 0 bridgehead atoms. The van der Waals surface area contributed by atoms with Crippen molar-refractivity contribution < 1.29 is 9.47 Å². The van der Waals surface area contributed by atoms with Crippen molar-refractivity contribution in [1.82, 2.24) is 4.90 Å². The lowest BCUT2D eigenvalue weighted by Crippen LogP contribution is -2.24. The van der Waals surface area contributed by atoms with E-state index in [9.17, 15) is 0 Å². The molecule has 0 fully saturated rings. The number of ether oxygens (including phenoxy) is 2. The summed E-state index contributed by atoms with van der Waals surface area (Å²) in [6.45, 7) is 9.54. The van der Waals surface area contributed by atoms with E-state index in [4.69, 9.17) is 9.47 Å². The number of aryl methyl sites for hydroxylation is 1. The average Bonchev–Trinajstić information content (AvgIpc) is 2.51. The lowest BCUT2D eigenvalue weighted by molar-refractivity contribution is 0.264. The molecule has 0 N–H and O–H groups in total. The fourth-order valence-corrected chi connectivity index (χ4v) is 2.59. The molecule has 0 aliphatic carbocycles. The number of hydrogen-bond donors (Lipinski definition) is 0. The van der Waals surface area contributed by atoms with Crippen LogP contribution in [-0.4, -0.2) is 37.7 Å². The van der Waals surface area contributed by atoms with Crippen LogP contribution in [0.3, 0.4) is 0 Å². The molecule has 3 nitrogen and oxygen atoms in total. The van der Waals surface area contributed by atoms with E-state index in [0.29, 0.717) is 0 Å². The average molecular weight is 277 g/mol. The lowest BCUT2D eigenvalue weighted by atomic mass is 10.1. The van der Waals surface area contributed by atoms with Crippen LogP contribution >= 0.6 is 0 Å². The Balaban J connectivity index is 1.69. The van der Waals surface area contributed by atoms with Gasteiger partial charge in [0.1, 0.15) is 11.5 Å². The molecule has 0 aromatic heterocycles. The highest BCUT2D eigenvalue weighted by Gasteiger charge is 2.10. The fourth-order valence-electron chi connectivity index (χ4n) is 2.59. The van der Waals surface area contributed by atoms with Crippen LogP contribution in [0.15, 0.2) is 18.2 Å². The minimum atomic E-state index is 0.806. The fraction of sp³-hybridized carbons (Fsp3) is 0.647. The maximum atomic E-state index is 5.85. The lowest BCUT2D eigenvalue weighted by Gasteiger charge is -2.19. The zero-order valence-corrected chi connectivity index (χ0v) is 12.9. The van der Waals surface area contributed by atoms with Crippen molar-refractivity contribution in [3.63, 3.8) is 0 Å². The van der Waals surface area contributed by atoms with Crippen molar-refractivity contribution in [3.8, 4) is 11.5 Å². The predicted molar refractivity (Wildman–Crippen MR) is 82.8 cm³/mol. The van der Waals surface area contributed by atoms with Crippen LogP contribution in [0.2, 0.25) is 0 Å². The van der Waals surface area contributed by atoms with Gasteiger partial charge in [0.15, 0.2) is 0 Å². The predicted octanol–water partition coefficient (Wildman–Crippen LogP) is 3.51. The third-order valence-corrected chi connectivity index (χ3v) is 3.91. The van der Waals surface area contributed by atoms with Gasteiger partial charge >= 0.3 is 0 Å². The molecule has 3 heteroatoms. The molecular formula is C17H27NO2. The van der Waals surface area contributed by atoms with Gasteiger partial charge in [-0.1, -0.05) is 13.8 Å². The van der Waals surface area contributed by atoms with Crippen LogP contribution < -0.4 is 9.47 Å². The Morgan fingerprint density at radius 1 is 1.20 bits per heavy atom. The Morgan fingerprint density at radius 3 is 2.85 bits per heavy atom. The van der Waals surface area contributed by atoms with Crippen LogP contribution in [0.1, 0.15) is 38.7 Å². The smallest absolute Gasteiger partial charge is 0.122 e. The normalized spacial score (nSPS) is 13.9.